The maximum absolute atomic E-state index is 13.2. The molecule has 0 bridgehead atoms. The van der Waals surface area contributed by atoms with E-state index in [1.54, 1.807) is 0 Å². The lowest BCUT2D eigenvalue weighted by molar-refractivity contribution is -0.138. The molecule has 2 saturated heterocycles. The van der Waals surface area contributed by atoms with E-state index in [0.717, 1.165) is 48.8 Å². The van der Waals surface area contributed by atoms with Gasteiger partial charge >= 0.3 is 0 Å². The number of carbonyl (C=O) groups is 1. The summed E-state index contributed by atoms with van der Waals surface area (Å²) in [6.45, 7) is 4.29. The third-order valence-electron chi connectivity index (χ3n) is 6.71. The van der Waals surface area contributed by atoms with Crippen LogP contribution in [0.2, 0.25) is 0 Å². The largest absolute Gasteiger partial charge is 0.454 e. The molecule has 34 heavy (non-hydrogen) atoms. The number of hydrogen-bond donors (Lipinski definition) is 0. The fourth-order valence-electron chi connectivity index (χ4n) is 4.80. The molecule has 5 rings (SSSR count). The number of amides is 1. The average Bonchev–Trinajstić information content (AvgIpc) is 3.32. The van der Waals surface area contributed by atoms with E-state index in [2.05, 4.69) is 4.90 Å². The maximum atomic E-state index is 13.2. The van der Waals surface area contributed by atoms with Crippen molar-refractivity contribution in [3.05, 3.63) is 53.8 Å². The van der Waals surface area contributed by atoms with Crippen LogP contribution in [0.25, 0.3) is 0 Å². The number of nitrogens with zero attached hydrogens (tertiary/aromatic N) is 3. The lowest BCUT2D eigenvalue weighted by atomic mass is 9.97. The lowest BCUT2D eigenvalue weighted by Gasteiger charge is -2.38. The summed E-state index contributed by atoms with van der Waals surface area (Å²) in [5, 5.41) is 0. The zero-order chi connectivity index (χ0) is 23.7. The van der Waals surface area contributed by atoms with E-state index in [1.165, 1.54) is 16.4 Å². The van der Waals surface area contributed by atoms with Crippen molar-refractivity contribution >= 4 is 15.9 Å². The molecule has 10 heteroatoms. The summed E-state index contributed by atoms with van der Waals surface area (Å²) >= 11 is 0. The number of carbonyl (C=O) groups excluding carboxylic acids is 1. The minimum absolute atomic E-state index is 0.0155. The number of rotatable bonds is 5. The zero-order valence-corrected chi connectivity index (χ0v) is 19.7. The van der Waals surface area contributed by atoms with Crippen molar-refractivity contribution in [1.29, 1.82) is 0 Å². The van der Waals surface area contributed by atoms with Gasteiger partial charge in [-0.3, -0.25) is 9.69 Å². The van der Waals surface area contributed by atoms with Gasteiger partial charge in [-0.15, -0.1) is 0 Å². The van der Waals surface area contributed by atoms with Crippen LogP contribution >= 0.6 is 0 Å². The molecule has 2 aromatic carbocycles. The second-order valence-corrected chi connectivity index (χ2v) is 10.9. The molecular weight excluding hydrogens is 461 g/mol. The summed E-state index contributed by atoms with van der Waals surface area (Å²) in [6, 6.07) is 10.8. The lowest BCUT2D eigenvalue weighted by Crippen LogP contribution is -2.52. The van der Waals surface area contributed by atoms with Crippen LogP contribution in [0.5, 0.6) is 11.5 Å². The second-order valence-electron chi connectivity index (χ2n) is 8.95. The van der Waals surface area contributed by atoms with E-state index in [9.17, 15) is 17.6 Å². The third-order valence-corrected chi connectivity index (χ3v) is 8.59. The Kier molecular flexibility index (Phi) is 6.46. The van der Waals surface area contributed by atoms with E-state index in [4.69, 9.17) is 9.47 Å². The number of benzene rings is 2. The number of piperidine rings is 1. The van der Waals surface area contributed by atoms with Gasteiger partial charge in [-0.25, -0.2) is 12.8 Å². The number of hydrogen-bond acceptors (Lipinski definition) is 6. The van der Waals surface area contributed by atoms with Crippen LogP contribution in [0.15, 0.2) is 47.4 Å². The zero-order valence-electron chi connectivity index (χ0n) is 18.9. The summed E-state index contributed by atoms with van der Waals surface area (Å²) in [6.07, 6.45) is 1.30. The topological polar surface area (TPSA) is 79.4 Å². The second kappa shape index (κ2) is 9.52. The fraction of sp³-hybridized carbons (Fsp3) is 0.458. The number of fused-ring (bicyclic) bond motifs is 1. The first kappa shape index (κ1) is 23.1. The van der Waals surface area contributed by atoms with Gasteiger partial charge in [0.1, 0.15) is 5.82 Å². The van der Waals surface area contributed by atoms with E-state index in [0.29, 0.717) is 32.5 Å². The van der Waals surface area contributed by atoms with Gasteiger partial charge in [0.05, 0.1) is 10.8 Å². The minimum atomic E-state index is -3.76. The molecule has 1 amide bonds. The molecule has 3 heterocycles. The highest BCUT2D eigenvalue weighted by atomic mass is 32.2. The number of sulfonamides is 1. The van der Waals surface area contributed by atoms with Crippen molar-refractivity contribution in [1.82, 2.24) is 14.1 Å². The molecule has 0 spiro atoms. The van der Waals surface area contributed by atoms with Gasteiger partial charge in [0.15, 0.2) is 11.5 Å². The van der Waals surface area contributed by atoms with Crippen LogP contribution in [0.4, 0.5) is 4.39 Å². The molecule has 3 aliphatic heterocycles. The normalized spacial score (nSPS) is 21.6. The molecule has 182 valence electrons. The highest BCUT2D eigenvalue weighted by Crippen LogP contribution is 2.33. The van der Waals surface area contributed by atoms with Gasteiger partial charge < -0.3 is 14.4 Å². The Bertz CT molecular complexity index is 1150. The Morgan fingerprint density at radius 3 is 2.47 bits per heavy atom. The fourth-order valence-corrected chi connectivity index (χ4v) is 6.32. The standard InChI is InChI=1S/C24H28FN3O5S/c25-20-4-6-21(7-5-20)34(30,31)28-9-1-2-19(16-28)24(29)27-12-10-26(11-13-27)15-18-3-8-22-23(14-18)33-17-32-22/h3-8,14,19H,1-2,9-13,15-17H2/t19-/m0/s1. The highest BCUT2D eigenvalue weighted by Gasteiger charge is 2.36. The van der Waals surface area contributed by atoms with Crippen molar-refractivity contribution in [2.75, 3.05) is 46.1 Å². The van der Waals surface area contributed by atoms with Crippen molar-refractivity contribution in [2.24, 2.45) is 5.92 Å². The smallest absolute Gasteiger partial charge is 0.243 e. The predicted octanol–water partition coefficient (Wildman–Crippen LogP) is 2.30. The Labute approximate surface area is 198 Å². The molecule has 0 saturated carbocycles. The first-order valence-electron chi connectivity index (χ1n) is 11.6. The number of ether oxygens (including phenoxy) is 2. The molecule has 8 nitrogen and oxygen atoms in total. The molecule has 3 aliphatic rings. The molecule has 2 aromatic rings. The van der Waals surface area contributed by atoms with Crippen LogP contribution in [0.1, 0.15) is 18.4 Å². The van der Waals surface area contributed by atoms with Gasteiger partial charge in [0.25, 0.3) is 0 Å². The van der Waals surface area contributed by atoms with Crippen molar-refractivity contribution in [3.8, 4) is 11.5 Å². The number of halogens is 1. The summed E-state index contributed by atoms with van der Waals surface area (Å²) in [7, 11) is -3.76. The van der Waals surface area contributed by atoms with E-state index in [1.807, 2.05) is 23.1 Å². The molecule has 1 atom stereocenters. The van der Waals surface area contributed by atoms with Gasteiger partial charge in [0.2, 0.25) is 22.7 Å². The van der Waals surface area contributed by atoms with Gasteiger partial charge in [-0.05, 0) is 54.8 Å². The van der Waals surface area contributed by atoms with Crippen molar-refractivity contribution < 1.29 is 27.1 Å². The molecule has 0 radical (unpaired) electrons. The Balaban J connectivity index is 1.16. The van der Waals surface area contributed by atoms with Crippen molar-refractivity contribution in [3.63, 3.8) is 0 Å². The van der Waals surface area contributed by atoms with Crippen LogP contribution in [-0.2, 0) is 21.4 Å². The monoisotopic (exact) mass is 489 g/mol. The van der Waals surface area contributed by atoms with E-state index < -0.39 is 15.8 Å². The van der Waals surface area contributed by atoms with Crippen LogP contribution in [0, 0.1) is 11.7 Å². The Morgan fingerprint density at radius 1 is 0.971 bits per heavy atom. The van der Waals surface area contributed by atoms with Gasteiger partial charge in [0, 0.05) is 45.8 Å². The average molecular weight is 490 g/mol. The third kappa shape index (κ3) is 4.75. The molecule has 2 fully saturated rings. The first-order valence-corrected chi connectivity index (χ1v) is 13.0. The van der Waals surface area contributed by atoms with E-state index >= 15 is 0 Å². The molecule has 0 unspecified atom stereocenters. The number of piperazine rings is 1. The summed E-state index contributed by atoms with van der Waals surface area (Å²) in [4.78, 5) is 17.4. The Morgan fingerprint density at radius 2 is 1.71 bits per heavy atom. The predicted molar refractivity (Wildman–Crippen MR) is 122 cm³/mol. The summed E-state index contributed by atoms with van der Waals surface area (Å²) in [5.41, 5.74) is 1.14. The molecule has 0 N–H and O–H groups in total. The SMILES string of the molecule is O=C([C@H]1CCCN(S(=O)(=O)c2ccc(F)cc2)C1)N1CCN(Cc2ccc3c(c2)OCO3)CC1. The van der Waals surface area contributed by atoms with Gasteiger partial charge in [-0.1, -0.05) is 6.07 Å². The molecular formula is C24H28FN3O5S. The van der Waals surface area contributed by atoms with Crippen LogP contribution in [-0.4, -0.2) is 74.5 Å². The Hall–Kier alpha value is -2.69. The van der Waals surface area contributed by atoms with Gasteiger partial charge in [-0.2, -0.15) is 4.31 Å². The molecule has 0 aliphatic carbocycles. The van der Waals surface area contributed by atoms with Crippen LogP contribution < -0.4 is 9.47 Å². The minimum Gasteiger partial charge on any atom is -0.454 e. The maximum Gasteiger partial charge on any atom is 0.243 e. The van der Waals surface area contributed by atoms with Crippen LogP contribution in [0.3, 0.4) is 0 Å². The van der Waals surface area contributed by atoms with E-state index in [-0.39, 0.29) is 30.1 Å². The van der Waals surface area contributed by atoms with Crippen molar-refractivity contribution in [2.45, 2.75) is 24.3 Å². The quantitative estimate of drug-likeness (QED) is 0.642. The molecule has 0 aromatic heterocycles. The first-order chi connectivity index (χ1) is 16.4. The summed E-state index contributed by atoms with van der Waals surface area (Å²) in [5.74, 6) is 0.709. The highest BCUT2D eigenvalue weighted by molar-refractivity contribution is 7.89. The summed E-state index contributed by atoms with van der Waals surface area (Å²) < 4.78 is 51.4.